The van der Waals surface area contributed by atoms with Gasteiger partial charge in [0.1, 0.15) is 0 Å². The summed E-state index contributed by atoms with van der Waals surface area (Å²) in [7, 11) is 1.95. The monoisotopic (exact) mass is 296 g/mol. The molecular formula is C13H17BrN2O. The number of halogens is 1. The number of benzene rings is 1. The Morgan fingerprint density at radius 3 is 2.88 bits per heavy atom. The number of likely N-dealkylation sites (tertiary alicyclic amines) is 1. The van der Waals surface area contributed by atoms with Crippen LogP contribution in [-0.4, -0.2) is 37.0 Å². The van der Waals surface area contributed by atoms with Crippen molar-refractivity contribution in [2.75, 3.05) is 20.1 Å². The van der Waals surface area contributed by atoms with Crippen LogP contribution in [0, 0.1) is 6.92 Å². The maximum atomic E-state index is 12.3. The number of aryl methyl sites for hydroxylation is 1. The maximum Gasteiger partial charge on any atom is 0.253 e. The summed E-state index contributed by atoms with van der Waals surface area (Å²) in [5, 5.41) is 3.22. The fourth-order valence-corrected chi connectivity index (χ4v) is 2.39. The number of hydrogen-bond acceptors (Lipinski definition) is 2. The Morgan fingerprint density at radius 2 is 2.29 bits per heavy atom. The lowest BCUT2D eigenvalue weighted by Gasteiger charge is -2.17. The summed E-state index contributed by atoms with van der Waals surface area (Å²) in [5.74, 6) is 0.137. The van der Waals surface area contributed by atoms with Gasteiger partial charge in [-0.3, -0.25) is 4.79 Å². The van der Waals surface area contributed by atoms with Gasteiger partial charge in [-0.25, -0.2) is 0 Å². The quantitative estimate of drug-likeness (QED) is 0.907. The minimum Gasteiger partial charge on any atom is -0.337 e. The molecule has 2 rings (SSSR count). The SMILES string of the molecule is CNC1CCN(C(=O)c2ccc(Br)c(C)c2)C1. The average Bonchev–Trinajstić information content (AvgIpc) is 2.80. The zero-order valence-corrected chi connectivity index (χ0v) is 11.8. The molecule has 4 heteroatoms. The summed E-state index contributed by atoms with van der Waals surface area (Å²) in [6.45, 7) is 3.66. The largest absolute Gasteiger partial charge is 0.337 e. The van der Waals surface area contributed by atoms with Gasteiger partial charge >= 0.3 is 0 Å². The molecule has 17 heavy (non-hydrogen) atoms. The van der Waals surface area contributed by atoms with Crippen LogP contribution in [0.25, 0.3) is 0 Å². The zero-order valence-electron chi connectivity index (χ0n) is 10.2. The van der Waals surface area contributed by atoms with E-state index < -0.39 is 0 Å². The van der Waals surface area contributed by atoms with Crippen molar-refractivity contribution in [2.45, 2.75) is 19.4 Å². The van der Waals surface area contributed by atoms with Gasteiger partial charge in [0, 0.05) is 29.2 Å². The highest BCUT2D eigenvalue weighted by atomic mass is 79.9. The Balaban J connectivity index is 2.12. The van der Waals surface area contributed by atoms with E-state index in [4.69, 9.17) is 0 Å². The van der Waals surface area contributed by atoms with Crippen molar-refractivity contribution in [1.29, 1.82) is 0 Å². The van der Waals surface area contributed by atoms with Gasteiger partial charge < -0.3 is 10.2 Å². The van der Waals surface area contributed by atoms with E-state index in [2.05, 4.69) is 21.2 Å². The number of nitrogens with one attached hydrogen (secondary N) is 1. The molecule has 1 saturated heterocycles. The molecule has 1 N–H and O–H groups in total. The molecule has 3 nitrogen and oxygen atoms in total. The fraction of sp³-hybridized carbons (Fsp3) is 0.462. The lowest BCUT2D eigenvalue weighted by molar-refractivity contribution is 0.0789. The third-order valence-electron chi connectivity index (χ3n) is 3.29. The van der Waals surface area contributed by atoms with Gasteiger partial charge in [-0.1, -0.05) is 15.9 Å². The topological polar surface area (TPSA) is 32.3 Å². The van der Waals surface area contributed by atoms with Crippen LogP contribution in [0.5, 0.6) is 0 Å². The second-order valence-electron chi connectivity index (χ2n) is 4.49. The Morgan fingerprint density at radius 1 is 1.53 bits per heavy atom. The molecular weight excluding hydrogens is 280 g/mol. The molecule has 1 atom stereocenters. The summed E-state index contributed by atoms with van der Waals surface area (Å²) < 4.78 is 1.04. The number of likely N-dealkylation sites (N-methyl/N-ethyl adjacent to an activating group) is 1. The summed E-state index contributed by atoms with van der Waals surface area (Å²) in [5.41, 5.74) is 1.88. The zero-order chi connectivity index (χ0) is 12.4. The second-order valence-corrected chi connectivity index (χ2v) is 5.34. The Kier molecular flexibility index (Phi) is 3.84. The van der Waals surface area contributed by atoms with E-state index in [9.17, 15) is 4.79 Å². The molecule has 1 fully saturated rings. The molecule has 1 aromatic rings. The molecule has 92 valence electrons. The van der Waals surface area contributed by atoms with Gasteiger partial charge in [0.2, 0.25) is 0 Å². The molecule has 0 aliphatic carbocycles. The maximum absolute atomic E-state index is 12.3. The number of carbonyl (C=O) groups is 1. The summed E-state index contributed by atoms with van der Waals surface area (Å²) in [6.07, 6.45) is 1.04. The highest BCUT2D eigenvalue weighted by Gasteiger charge is 2.25. The van der Waals surface area contributed by atoms with Gasteiger partial charge in [0.05, 0.1) is 0 Å². The summed E-state index contributed by atoms with van der Waals surface area (Å²) >= 11 is 3.45. The van der Waals surface area contributed by atoms with E-state index in [1.165, 1.54) is 0 Å². The molecule has 1 amide bonds. The third kappa shape index (κ3) is 2.69. The number of hydrogen-bond donors (Lipinski definition) is 1. The number of carbonyl (C=O) groups excluding carboxylic acids is 1. The Bertz CT molecular complexity index is 433. The standard InChI is InChI=1S/C13H17BrN2O/c1-9-7-10(3-4-12(9)14)13(17)16-6-5-11(8-16)15-2/h3-4,7,11,15H,5-6,8H2,1-2H3. The summed E-state index contributed by atoms with van der Waals surface area (Å²) in [4.78, 5) is 14.2. The molecule has 0 radical (unpaired) electrons. The van der Waals surface area contributed by atoms with Crippen LogP contribution in [0.3, 0.4) is 0 Å². The summed E-state index contributed by atoms with van der Waals surface area (Å²) in [6, 6.07) is 6.20. The Labute approximate surface area is 110 Å². The first-order valence-electron chi connectivity index (χ1n) is 5.84. The predicted octanol–water partition coefficient (Wildman–Crippen LogP) is 2.19. The van der Waals surface area contributed by atoms with Crippen LogP contribution < -0.4 is 5.32 Å². The van der Waals surface area contributed by atoms with Gasteiger partial charge in [-0.05, 0) is 44.2 Å². The van der Waals surface area contributed by atoms with Crippen molar-refractivity contribution in [3.63, 3.8) is 0 Å². The Hall–Kier alpha value is -0.870. The molecule has 0 aromatic heterocycles. The van der Waals surface area contributed by atoms with Gasteiger partial charge in [0.25, 0.3) is 5.91 Å². The highest BCUT2D eigenvalue weighted by Crippen LogP contribution is 2.19. The second kappa shape index (κ2) is 5.19. The molecule has 1 unspecified atom stereocenters. The molecule has 0 spiro atoms. The molecule has 1 aliphatic rings. The first kappa shape index (κ1) is 12.6. The lowest BCUT2D eigenvalue weighted by atomic mass is 10.1. The van der Waals surface area contributed by atoms with Crippen LogP contribution in [0.15, 0.2) is 22.7 Å². The smallest absolute Gasteiger partial charge is 0.253 e. The van der Waals surface area contributed by atoms with Crippen molar-refractivity contribution in [3.8, 4) is 0 Å². The third-order valence-corrected chi connectivity index (χ3v) is 4.18. The van der Waals surface area contributed by atoms with Gasteiger partial charge in [0.15, 0.2) is 0 Å². The molecule has 1 heterocycles. The van der Waals surface area contributed by atoms with Crippen molar-refractivity contribution >= 4 is 21.8 Å². The van der Waals surface area contributed by atoms with E-state index >= 15 is 0 Å². The van der Waals surface area contributed by atoms with Crippen molar-refractivity contribution < 1.29 is 4.79 Å². The predicted molar refractivity (Wildman–Crippen MR) is 72.2 cm³/mol. The van der Waals surface area contributed by atoms with E-state index in [0.717, 1.165) is 35.1 Å². The number of amides is 1. The van der Waals surface area contributed by atoms with Crippen LogP contribution in [-0.2, 0) is 0 Å². The normalized spacial score (nSPS) is 19.7. The van der Waals surface area contributed by atoms with Gasteiger partial charge in [-0.15, -0.1) is 0 Å². The molecule has 1 aromatic carbocycles. The van der Waals surface area contributed by atoms with Crippen molar-refractivity contribution in [1.82, 2.24) is 10.2 Å². The number of nitrogens with zero attached hydrogens (tertiary/aromatic N) is 1. The van der Waals surface area contributed by atoms with Crippen molar-refractivity contribution in [3.05, 3.63) is 33.8 Å². The van der Waals surface area contributed by atoms with E-state index in [1.807, 2.05) is 37.1 Å². The highest BCUT2D eigenvalue weighted by molar-refractivity contribution is 9.10. The fourth-order valence-electron chi connectivity index (χ4n) is 2.14. The van der Waals surface area contributed by atoms with Crippen LogP contribution in [0.4, 0.5) is 0 Å². The first-order chi connectivity index (χ1) is 8.11. The average molecular weight is 297 g/mol. The van der Waals surface area contributed by atoms with Crippen LogP contribution in [0.2, 0.25) is 0 Å². The molecule has 0 bridgehead atoms. The van der Waals surface area contributed by atoms with E-state index in [0.29, 0.717) is 6.04 Å². The van der Waals surface area contributed by atoms with Crippen LogP contribution in [0.1, 0.15) is 22.3 Å². The van der Waals surface area contributed by atoms with E-state index in [1.54, 1.807) is 0 Å². The number of rotatable bonds is 2. The molecule has 1 aliphatic heterocycles. The lowest BCUT2D eigenvalue weighted by Crippen LogP contribution is -2.33. The minimum absolute atomic E-state index is 0.137. The first-order valence-corrected chi connectivity index (χ1v) is 6.64. The van der Waals surface area contributed by atoms with Gasteiger partial charge in [-0.2, -0.15) is 0 Å². The van der Waals surface area contributed by atoms with Crippen LogP contribution >= 0.6 is 15.9 Å². The van der Waals surface area contributed by atoms with Crippen molar-refractivity contribution in [2.24, 2.45) is 0 Å². The molecule has 0 saturated carbocycles. The van der Waals surface area contributed by atoms with E-state index in [-0.39, 0.29) is 5.91 Å². The minimum atomic E-state index is 0.137.